The van der Waals surface area contributed by atoms with E-state index in [1.54, 1.807) is 19.1 Å². The number of benzene rings is 2. The molecule has 0 radical (unpaired) electrons. The van der Waals surface area contributed by atoms with Gasteiger partial charge in [0.15, 0.2) is 11.0 Å². The minimum atomic E-state index is 0.0174. The second kappa shape index (κ2) is 12.5. The lowest BCUT2D eigenvalue weighted by atomic mass is 10.2. The van der Waals surface area contributed by atoms with Gasteiger partial charge in [-0.3, -0.25) is 4.79 Å². The van der Waals surface area contributed by atoms with Gasteiger partial charge in [-0.25, -0.2) is 0 Å². The standard InChI is InChI=1S/C26H34N4O3S/c1-6-20-11-13-22(14-12-20)33-17-24-27-28-26(30(24)15-19(2)3)34-18-25(31)29(4)16-21-9-7-8-10-23(21)32-5/h7-14,19H,6,15-18H2,1-5H3. The maximum atomic E-state index is 12.8. The Labute approximate surface area is 206 Å². The van der Waals surface area contributed by atoms with Gasteiger partial charge in [-0.2, -0.15) is 0 Å². The van der Waals surface area contributed by atoms with Gasteiger partial charge in [-0.15, -0.1) is 10.2 Å². The number of ether oxygens (including phenoxy) is 2. The lowest BCUT2D eigenvalue weighted by Gasteiger charge is -2.19. The number of rotatable bonds is 12. The third-order valence-corrected chi connectivity index (χ3v) is 6.34. The third kappa shape index (κ3) is 7.00. The van der Waals surface area contributed by atoms with Crippen LogP contribution in [0.3, 0.4) is 0 Å². The van der Waals surface area contributed by atoms with Crippen molar-refractivity contribution in [3.8, 4) is 11.5 Å². The van der Waals surface area contributed by atoms with Crippen LogP contribution in [0.2, 0.25) is 0 Å². The van der Waals surface area contributed by atoms with Crippen molar-refractivity contribution in [1.82, 2.24) is 19.7 Å². The number of para-hydroxylation sites is 1. The van der Waals surface area contributed by atoms with Crippen molar-refractivity contribution in [2.45, 2.75) is 52.0 Å². The molecule has 0 saturated heterocycles. The molecule has 7 nitrogen and oxygen atoms in total. The molecular formula is C26H34N4O3S. The van der Waals surface area contributed by atoms with Gasteiger partial charge in [-0.05, 0) is 36.1 Å². The number of hydrogen-bond acceptors (Lipinski definition) is 6. The Morgan fingerprint density at radius 1 is 1.12 bits per heavy atom. The molecule has 1 aromatic heterocycles. The summed E-state index contributed by atoms with van der Waals surface area (Å²) in [5.41, 5.74) is 2.24. The number of carbonyl (C=O) groups is 1. The van der Waals surface area contributed by atoms with Crippen molar-refractivity contribution in [3.05, 3.63) is 65.5 Å². The molecule has 1 amide bonds. The second-order valence-corrected chi connectivity index (χ2v) is 9.48. The summed E-state index contributed by atoms with van der Waals surface area (Å²) in [7, 11) is 3.44. The van der Waals surface area contributed by atoms with Crippen molar-refractivity contribution in [2.75, 3.05) is 19.9 Å². The first-order chi connectivity index (χ1) is 16.4. The first kappa shape index (κ1) is 25.6. The number of aryl methyl sites for hydroxylation is 1. The molecule has 8 heteroatoms. The third-order valence-electron chi connectivity index (χ3n) is 5.39. The predicted molar refractivity (Wildman–Crippen MR) is 135 cm³/mol. The van der Waals surface area contributed by atoms with Crippen LogP contribution in [0.4, 0.5) is 0 Å². The number of aromatic nitrogens is 3. The van der Waals surface area contributed by atoms with E-state index in [1.165, 1.54) is 17.3 Å². The molecule has 0 aliphatic heterocycles. The number of methoxy groups -OCH3 is 1. The number of hydrogen-bond donors (Lipinski definition) is 0. The van der Waals surface area contributed by atoms with Crippen molar-refractivity contribution >= 4 is 17.7 Å². The summed E-state index contributed by atoms with van der Waals surface area (Å²) in [5, 5.41) is 9.44. The van der Waals surface area contributed by atoms with Crippen molar-refractivity contribution in [2.24, 2.45) is 5.92 Å². The van der Waals surface area contributed by atoms with E-state index in [-0.39, 0.29) is 11.7 Å². The van der Waals surface area contributed by atoms with Crippen LogP contribution in [0.5, 0.6) is 11.5 Å². The fourth-order valence-electron chi connectivity index (χ4n) is 3.46. The average molecular weight is 483 g/mol. The Balaban J connectivity index is 1.62. The Morgan fingerprint density at radius 3 is 2.53 bits per heavy atom. The molecule has 0 atom stereocenters. The lowest BCUT2D eigenvalue weighted by Crippen LogP contribution is -2.28. The lowest BCUT2D eigenvalue weighted by molar-refractivity contribution is -0.127. The maximum Gasteiger partial charge on any atom is 0.233 e. The Kier molecular flexibility index (Phi) is 9.39. The van der Waals surface area contributed by atoms with E-state index < -0.39 is 0 Å². The Hall–Kier alpha value is -3.00. The van der Waals surface area contributed by atoms with Gasteiger partial charge >= 0.3 is 0 Å². The Bertz CT molecular complexity index is 1070. The van der Waals surface area contributed by atoms with Gasteiger partial charge in [0.25, 0.3) is 0 Å². The summed E-state index contributed by atoms with van der Waals surface area (Å²) in [6.45, 7) is 7.99. The highest BCUT2D eigenvalue weighted by Crippen LogP contribution is 2.22. The van der Waals surface area contributed by atoms with E-state index in [4.69, 9.17) is 9.47 Å². The summed E-state index contributed by atoms with van der Waals surface area (Å²) in [6.07, 6.45) is 0.996. The minimum absolute atomic E-state index is 0.0174. The van der Waals surface area contributed by atoms with E-state index in [0.29, 0.717) is 19.1 Å². The molecule has 0 N–H and O–H groups in total. The molecule has 0 fully saturated rings. The first-order valence-corrected chi connectivity index (χ1v) is 12.5. The zero-order chi connectivity index (χ0) is 24.5. The van der Waals surface area contributed by atoms with Crippen LogP contribution in [0, 0.1) is 5.92 Å². The topological polar surface area (TPSA) is 69.5 Å². The van der Waals surface area contributed by atoms with Crippen LogP contribution in [-0.4, -0.2) is 45.5 Å². The molecule has 0 aliphatic carbocycles. The van der Waals surface area contributed by atoms with Crippen LogP contribution in [0.1, 0.15) is 37.7 Å². The van der Waals surface area contributed by atoms with E-state index in [2.05, 4.69) is 47.7 Å². The summed E-state index contributed by atoms with van der Waals surface area (Å²) < 4.78 is 13.4. The van der Waals surface area contributed by atoms with Gasteiger partial charge in [0.1, 0.15) is 18.1 Å². The average Bonchev–Trinajstić information content (AvgIpc) is 3.22. The summed E-state index contributed by atoms with van der Waals surface area (Å²) in [4.78, 5) is 14.5. The molecule has 1 heterocycles. The van der Waals surface area contributed by atoms with Crippen molar-refractivity contribution < 1.29 is 14.3 Å². The molecule has 0 unspecified atom stereocenters. The van der Waals surface area contributed by atoms with Crippen LogP contribution in [-0.2, 0) is 30.9 Å². The molecule has 34 heavy (non-hydrogen) atoms. The van der Waals surface area contributed by atoms with Gasteiger partial charge in [0.2, 0.25) is 5.91 Å². The second-order valence-electron chi connectivity index (χ2n) is 8.54. The maximum absolute atomic E-state index is 12.8. The largest absolute Gasteiger partial charge is 0.496 e. The smallest absolute Gasteiger partial charge is 0.233 e. The summed E-state index contributed by atoms with van der Waals surface area (Å²) >= 11 is 1.40. The van der Waals surface area contributed by atoms with E-state index >= 15 is 0 Å². The van der Waals surface area contributed by atoms with Crippen LogP contribution < -0.4 is 9.47 Å². The molecule has 182 valence electrons. The highest BCUT2D eigenvalue weighted by atomic mass is 32.2. The molecule has 0 spiro atoms. The SMILES string of the molecule is CCc1ccc(OCc2nnc(SCC(=O)N(C)Cc3ccccc3OC)n2CC(C)C)cc1. The number of carbonyl (C=O) groups excluding carboxylic acids is 1. The van der Waals surface area contributed by atoms with E-state index in [1.807, 2.05) is 36.4 Å². The monoisotopic (exact) mass is 482 g/mol. The van der Waals surface area contributed by atoms with Crippen molar-refractivity contribution in [3.63, 3.8) is 0 Å². The van der Waals surface area contributed by atoms with Gasteiger partial charge in [-0.1, -0.05) is 62.9 Å². The normalized spacial score (nSPS) is 11.0. The molecular weight excluding hydrogens is 448 g/mol. The minimum Gasteiger partial charge on any atom is -0.496 e. The Morgan fingerprint density at radius 2 is 1.85 bits per heavy atom. The quantitative estimate of drug-likeness (QED) is 0.344. The zero-order valence-corrected chi connectivity index (χ0v) is 21.5. The van der Waals surface area contributed by atoms with Crippen LogP contribution in [0.25, 0.3) is 0 Å². The van der Waals surface area contributed by atoms with Crippen LogP contribution in [0.15, 0.2) is 53.7 Å². The van der Waals surface area contributed by atoms with E-state index in [9.17, 15) is 4.79 Å². The highest BCUT2D eigenvalue weighted by Gasteiger charge is 2.18. The number of amides is 1. The van der Waals surface area contributed by atoms with Crippen LogP contribution >= 0.6 is 11.8 Å². The number of thioether (sulfide) groups is 1. The summed E-state index contributed by atoms with van der Waals surface area (Å²) in [5.74, 6) is 3.04. The number of nitrogens with zero attached hydrogens (tertiary/aromatic N) is 4. The zero-order valence-electron chi connectivity index (χ0n) is 20.7. The fraction of sp³-hybridized carbons (Fsp3) is 0.423. The molecule has 2 aromatic carbocycles. The molecule has 3 rings (SSSR count). The van der Waals surface area contributed by atoms with Gasteiger partial charge in [0, 0.05) is 25.7 Å². The molecule has 0 aliphatic rings. The molecule has 0 bridgehead atoms. The van der Waals surface area contributed by atoms with Gasteiger partial charge in [0.05, 0.1) is 12.9 Å². The summed E-state index contributed by atoms with van der Waals surface area (Å²) in [6, 6.07) is 15.8. The van der Waals surface area contributed by atoms with Crippen molar-refractivity contribution in [1.29, 1.82) is 0 Å². The highest BCUT2D eigenvalue weighted by molar-refractivity contribution is 7.99. The molecule has 0 saturated carbocycles. The predicted octanol–water partition coefficient (Wildman–Crippen LogP) is 4.83. The van der Waals surface area contributed by atoms with Gasteiger partial charge < -0.3 is 18.9 Å². The fourth-order valence-corrected chi connectivity index (χ4v) is 4.37. The molecule has 3 aromatic rings. The first-order valence-electron chi connectivity index (χ1n) is 11.5. The van der Waals surface area contributed by atoms with E-state index in [0.717, 1.165) is 41.0 Å².